The number of nitrogens with one attached hydrogen (secondary N) is 1. The van der Waals surface area contributed by atoms with Crippen LogP contribution in [0.5, 0.6) is 0 Å². The number of halogens is 1. The molecule has 1 unspecified atom stereocenters. The number of hydrogen-bond donors (Lipinski definition) is 1. The lowest BCUT2D eigenvalue weighted by atomic mass is 9.98. The molecule has 0 fully saturated rings. The smallest absolute Gasteiger partial charge is 0.123 e. The van der Waals surface area contributed by atoms with Gasteiger partial charge in [-0.05, 0) is 36.1 Å². The van der Waals surface area contributed by atoms with Crippen molar-refractivity contribution in [3.8, 4) is 0 Å². The van der Waals surface area contributed by atoms with E-state index in [1.807, 2.05) is 12.1 Å². The second-order valence-electron chi connectivity index (χ2n) is 4.48. The van der Waals surface area contributed by atoms with Crippen molar-refractivity contribution in [3.63, 3.8) is 0 Å². The van der Waals surface area contributed by atoms with E-state index in [0.717, 1.165) is 18.7 Å². The van der Waals surface area contributed by atoms with Gasteiger partial charge in [-0.1, -0.05) is 32.9 Å². The highest BCUT2D eigenvalue weighted by atomic mass is 19.1. The summed E-state index contributed by atoms with van der Waals surface area (Å²) in [6.45, 7) is 8.52. The molecule has 0 saturated carbocycles. The van der Waals surface area contributed by atoms with Gasteiger partial charge in [-0.3, -0.25) is 0 Å². The molecule has 1 N–H and O–H groups in total. The predicted molar refractivity (Wildman–Crippen MR) is 62.1 cm³/mol. The van der Waals surface area contributed by atoms with Crippen molar-refractivity contribution in [2.45, 2.75) is 27.3 Å². The summed E-state index contributed by atoms with van der Waals surface area (Å²) in [4.78, 5) is 0. The third-order valence-electron chi connectivity index (χ3n) is 2.85. The van der Waals surface area contributed by atoms with Gasteiger partial charge in [0.2, 0.25) is 0 Å². The first-order chi connectivity index (χ1) is 7.09. The van der Waals surface area contributed by atoms with E-state index >= 15 is 0 Å². The Morgan fingerprint density at radius 3 is 2.27 bits per heavy atom. The lowest BCUT2D eigenvalue weighted by Gasteiger charge is -2.16. The monoisotopic (exact) mass is 209 g/mol. The van der Waals surface area contributed by atoms with Crippen LogP contribution in [-0.4, -0.2) is 6.54 Å². The molecule has 84 valence electrons. The zero-order valence-corrected chi connectivity index (χ0v) is 9.76. The normalized spacial score (nSPS) is 13.1. The van der Waals surface area contributed by atoms with Crippen LogP contribution in [0.25, 0.3) is 0 Å². The van der Waals surface area contributed by atoms with Crippen molar-refractivity contribution >= 4 is 0 Å². The molecular weight excluding hydrogens is 189 g/mol. The summed E-state index contributed by atoms with van der Waals surface area (Å²) in [6.07, 6.45) is 0. The first-order valence-electron chi connectivity index (χ1n) is 5.54. The van der Waals surface area contributed by atoms with Gasteiger partial charge in [0.05, 0.1) is 0 Å². The lowest BCUT2D eigenvalue weighted by Crippen LogP contribution is -2.23. The van der Waals surface area contributed by atoms with Gasteiger partial charge >= 0.3 is 0 Å². The van der Waals surface area contributed by atoms with Gasteiger partial charge in [0, 0.05) is 6.54 Å². The van der Waals surface area contributed by atoms with Crippen LogP contribution >= 0.6 is 0 Å². The van der Waals surface area contributed by atoms with E-state index in [9.17, 15) is 4.39 Å². The first kappa shape index (κ1) is 12.2. The minimum atomic E-state index is -0.172. The van der Waals surface area contributed by atoms with E-state index in [1.54, 1.807) is 0 Å². The summed E-state index contributed by atoms with van der Waals surface area (Å²) in [5, 5.41) is 3.38. The van der Waals surface area contributed by atoms with Crippen molar-refractivity contribution in [1.82, 2.24) is 5.32 Å². The highest BCUT2D eigenvalue weighted by Gasteiger charge is 2.05. The fraction of sp³-hybridized carbons (Fsp3) is 0.538. The number of hydrogen-bond acceptors (Lipinski definition) is 1. The molecule has 1 nitrogen and oxygen atoms in total. The van der Waals surface area contributed by atoms with Gasteiger partial charge < -0.3 is 5.32 Å². The summed E-state index contributed by atoms with van der Waals surface area (Å²) < 4.78 is 12.6. The average Bonchev–Trinajstić information content (AvgIpc) is 2.20. The van der Waals surface area contributed by atoms with E-state index in [0.29, 0.717) is 11.8 Å². The first-order valence-corrected chi connectivity index (χ1v) is 5.54. The van der Waals surface area contributed by atoms with Gasteiger partial charge in [0.25, 0.3) is 0 Å². The second-order valence-corrected chi connectivity index (χ2v) is 4.48. The zero-order valence-electron chi connectivity index (χ0n) is 9.76. The Bertz CT molecular complexity index is 279. The second kappa shape index (κ2) is 5.86. The molecule has 0 spiro atoms. The van der Waals surface area contributed by atoms with Crippen LogP contribution in [0.2, 0.25) is 0 Å². The number of benzene rings is 1. The minimum Gasteiger partial charge on any atom is -0.312 e. The molecule has 0 saturated heterocycles. The Hall–Kier alpha value is -0.890. The number of rotatable bonds is 5. The molecule has 0 aromatic heterocycles. The van der Waals surface area contributed by atoms with E-state index in [-0.39, 0.29) is 5.82 Å². The van der Waals surface area contributed by atoms with Crippen molar-refractivity contribution in [2.24, 2.45) is 11.8 Å². The fourth-order valence-corrected chi connectivity index (χ4v) is 1.28. The standard InChI is InChI=1S/C13H20FN/c1-10(2)11(3)8-15-9-12-4-6-13(14)7-5-12/h4-7,10-11,15H,8-9H2,1-3H3. The van der Waals surface area contributed by atoms with Crippen molar-refractivity contribution in [1.29, 1.82) is 0 Å². The molecule has 1 aromatic carbocycles. The lowest BCUT2D eigenvalue weighted by molar-refractivity contribution is 0.392. The Morgan fingerprint density at radius 2 is 1.73 bits per heavy atom. The van der Waals surface area contributed by atoms with Gasteiger partial charge in [-0.2, -0.15) is 0 Å². The molecular formula is C13H20FN. The molecule has 0 heterocycles. The molecule has 0 amide bonds. The summed E-state index contributed by atoms with van der Waals surface area (Å²) >= 11 is 0. The average molecular weight is 209 g/mol. The Labute approximate surface area is 91.7 Å². The zero-order chi connectivity index (χ0) is 11.3. The van der Waals surface area contributed by atoms with Crippen LogP contribution in [0.4, 0.5) is 4.39 Å². The molecule has 0 radical (unpaired) electrons. The van der Waals surface area contributed by atoms with Crippen molar-refractivity contribution < 1.29 is 4.39 Å². The molecule has 1 atom stereocenters. The Balaban J connectivity index is 2.29. The van der Waals surface area contributed by atoms with Gasteiger partial charge in [-0.25, -0.2) is 4.39 Å². The molecule has 2 heteroatoms. The van der Waals surface area contributed by atoms with E-state index < -0.39 is 0 Å². The van der Waals surface area contributed by atoms with Crippen LogP contribution in [-0.2, 0) is 6.54 Å². The molecule has 1 aromatic rings. The van der Waals surface area contributed by atoms with Crippen molar-refractivity contribution in [2.75, 3.05) is 6.54 Å². The maximum Gasteiger partial charge on any atom is 0.123 e. The van der Waals surface area contributed by atoms with Crippen LogP contribution < -0.4 is 5.32 Å². The van der Waals surface area contributed by atoms with Crippen LogP contribution in [0.3, 0.4) is 0 Å². The highest BCUT2D eigenvalue weighted by molar-refractivity contribution is 5.15. The molecule has 0 bridgehead atoms. The SMILES string of the molecule is CC(C)C(C)CNCc1ccc(F)cc1. The predicted octanol–water partition coefficient (Wildman–Crippen LogP) is 3.21. The Kier molecular flexibility index (Phi) is 4.76. The van der Waals surface area contributed by atoms with Crippen LogP contribution in [0, 0.1) is 17.7 Å². The van der Waals surface area contributed by atoms with Gasteiger partial charge in [0.15, 0.2) is 0 Å². The van der Waals surface area contributed by atoms with Gasteiger partial charge in [0.1, 0.15) is 5.82 Å². The summed E-state index contributed by atoms with van der Waals surface area (Å²) in [5.41, 5.74) is 1.13. The third-order valence-corrected chi connectivity index (χ3v) is 2.85. The molecule has 1 rings (SSSR count). The molecule has 15 heavy (non-hydrogen) atoms. The summed E-state index contributed by atoms with van der Waals surface area (Å²) in [5.74, 6) is 1.20. The third kappa shape index (κ3) is 4.43. The summed E-state index contributed by atoms with van der Waals surface area (Å²) in [6, 6.07) is 6.65. The van der Waals surface area contributed by atoms with E-state index in [2.05, 4.69) is 26.1 Å². The van der Waals surface area contributed by atoms with E-state index in [4.69, 9.17) is 0 Å². The van der Waals surface area contributed by atoms with E-state index in [1.165, 1.54) is 12.1 Å². The summed E-state index contributed by atoms with van der Waals surface area (Å²) in [7, 11) is 0. The van der Waals surface area contributed by atoms with Crippen molar-refractivity contribution in [3.05, 3.63) is 35.6 Å². The topological polar surface area (TPSA) is 12.0 Å². The quantitative estimate of drug-likeness (QED) is 0.785. The molecule has 0 aliphatic heterocycles. The minimum absolute atomic E-state index is 0.172. The highest BCUT2D eigenvalue weighted by Crippen LogP contribution is 2.08. The largest absolute Gasteiger partial charge is 0.312 e. The van der Waals surface area contributed by atoms with Crippen LogP contribution in [0.1, 0.15) is 26.3 Å². The van der Waals surface area contributed by atoms with Gasteiger partial charge in [-0.15, -0.1) is 0 Å². The molecule has 0 aliphatic carbocycles. The maximum absolute atomic E-state index is 12.6. The van der Waals surface area contributed by atoms with Crippen LogP contribution in [0.15, 0.2) is 24.3 Å². The molecule has 0 aliphatic rings. The maximum atomic E-state index is 12.6. The Morgan fingerprint density at radius 1 is 1.13 bits per heavy atom. The fourth-order valence-electron chi connectivity index (χ4n) is 1.28.